The van der Waals surface area contributed by atoms with Crippen molar-refractivity contribution in [3.05, 3.63) is 75.1 Å². The standard InChI is InChI=1S/C23H19Cl2N3O4/c1-13-18(14(2)32-27-13)11-28-20-10-17(6-7-21(20)31-12-23(28)30)26-22(29)8-4-15-3-5-16(24)9-19(15)25/h3-10H,11-12H2,1-2H3,(H,26,29)/b8-4+. The molecular formula is C23H19Cl2N3O4. The van der Waals surface area contributed by atoms with Gasteiger partial charge in [0.05, 0.1) is 17.9 Å². The van der Waals surface area contributed by atoms with Crippen molar-refractivity contribution >= 4 is 52.5 Å². The van der Waals surface area contributed by atoms with Gasteiger partial charge >= 0.3 is 0 Å². The highest BCUT2D eigenvalue weighted by Crippen LogP contribution is 2.36. The Hall–Kier alpha value is -3.29. The van der Waals surface area contributed by atoms with E-state index >= 15 is 0 Å². The minimum absolute atomic E-state index is 0.0628. The number of halogens is 2. The van der Waals surface area contributed by atoms with E-state index in [1.165, 1.54) is 6.08 Å². The first-order valence-corrected chi connectivity index (χ1v) is 10.5. The minimum Gasteiger partial charge on any atom is -0.482 e. The smallest absolute Gasteiger partial charge is 0.265 e. The predicted molar refractivity (Wildman–Crippen MR) is 123 cm³/mol. The van der Waals surface area contributed by atoms with Crippen LogP contribution >= 0.6 is 23.2 Å². The summed E-state index contributed by atoms with van der Waals surface area (Å²) in [5, 5.41) is 7.70. The monoisotopic (exact) mass is 471 g/mol. The number of nitrogens with one attached hydrogen (secondary N) is 1. The van der Waals surface area contributed by atoms with Gasteiger partial charge in [-0.2, -0.15) is 0 Å². The maximum atomic E-state index is 12.6. The Kier molecular flexibility index (Phi) is 6.21. The zero-order valence-electron chi connectivity index (χ0n) is 17.3. The van der Waals surface area contributed by atoms with Crippen LogP contribution in [0.1, 0.15) is 22.6 Å². The summed E-state index contributed by atoms with van der Waals surface area (Å²) < 4.78 is 10.8. The van der Waals surface area contributed by atoms with Crippen LogP contribution in [0.15, 0.2) is 47.0 Å². The number of benzene rings is 2. The highest BCUT2D eigenvalue weighted by Gasteiger charge is 2.28. The van der Waals surface area contributed by atoms with E-state index in [9.17, 15) is 9.59 Å². The second-order valence-corrected chi connectivity index (χ2v) is 8.09. The van der Waals surface area contributed by atoms with Crippen molar-refractivity contribution in [1.29, 1.82) is 0 Å². The van der Waals surface area contributed by atoms with E-state index in [-0.39, 0.29) is 18.4 Å². The molecular weight excluding hydrogens is 453 g/mol. The Morgan fingerprint density at radius 2 is 2.03 bits per heavy atom. The molecule has 2 heterocycles. The van der Waals surface area contributed by atoms with Crippen molar-refractivity contribution < 1.29 is 18.8 Å². The number of carbonyl (C=O) groups excluding carboxylic acids is 2. The van der Waals surface area contributed by atoms with Crippen LogP contribution in [-0.4, -0.2) is 23.6 Å². The molecule has 1 aromatic heterocycles. The summed E-state index contributed by atoms with van der Waals surface area (Å²) in [6, 6.07) is 10.2. The minimum atomic E-state index is -0.351. The molecule has 0 saturated carbocycles. The number of hydrogen-bond donors (Lipinski definition) is 1. The van der Waals surface area contributed by atoms with Crippen molar-refractivity contribution in [2.75, 3.05) is 16.8 Å². The van der Waals surface area contributed by atoms with Crippen molar-refractivity contribution in [2.24, 2.45) is 0 Å². The van der Waals surface area contributed by atoms with Crippen LogP contribution in [-0.2, 0) is 16.1 Å². The zero-order chi connectivity index (χ0) is 22.8. The molecule has 0 bridgehead atoms. The number of carbonyl (C=O) groups is 2. The summed E-state index contributed by atoms with van der Waals surface area (Å²) in [6.45, 7) is 3.86. The summed E-state index contributed by atoms with van der Waals surface area (Å²) in [5.74, 6) is 0.659. The number of fused-ring (bicyclic) bond motifs is 1. The van der Waals surface area contributed by atoms with Crippen molar-refractivity contribution in [3.63, 3.8) is 0 Å². The zero-order valence-corrected chi connectivity index (χ0v) is 18.8. The Labute approximate surface area is 194 Å². The lowest BCUT2D eigenvalue weighted by Crippen LogP contribution is -2.38. The SMILES string of the molecule is Cc1noc(C)c1CN1C(=O)COc2ccc(NC(=O)/C=C/c3ccc(Cl)cc3Cl)cc21. The maximum absolute atomic E-state index is 12.6. The van der Waals surface area contributed by atoms with Crippen molar-refractivity contribution in [3.8, 4) is 5.75 Å². The molecule has 0 radical (unpaired) electrons. The highest BCUT2D eigenvalue weighted by atomic mass is 35.5. The quantitative estimate of drug-likeness (QED) is 0.518. The molecule has 164 valence electrons. The molecule has 0 fully saturated rings. The predicted octanol–water partition coefficient (Wildman–Crippen LogP) is 5.18. The third kappa shape index (κ3) is 4.64. The summed E-state index contributed by atoms with van der Waals surface area (Å²) in [7, 11) is 0. The Bertz CT molecular complexity index is 1220. The van der Waals surface area contributed by atoms with Gasteiger partial charge in [0, 0.05) is 27.4 Å². The lowest BCUT2D eigenvalue weighted by Gasteiger charge is -2.29. The van der Waals surface area contributed by atoms with E-state index in [0.717, 1.165) is 11.3 Å². The molecule has 1 N–H and O–H groups in total. The maximum Gasteiger partial charge on any atom is 0.265 e. The number of hydrogen-bond acceptors (Lipinski definition) is 5. The van der Waals surface area contributed by atoms with Gasteiger partial charge in [-0.25, -0.2) is 0 Å². The first-order chi connectivity index (χ1) is 15.3. The van der Waals surface area contributed by atoms with E-state index < -0.39 is 0 Å². The van der Waals surface area contributed by atoms with Gasteiger partial charge in [0.2, 0.25) is 5.91 Å². The Morgan fingerprint density at radius 1 is 1.22 bits per heavy atom. The van der Waals surface area contributed by atoms with Gasteiger partial charge < -0.3 is 19.5 Å². The van der Waals surface area contributed by atoms with Gasteiger partial charge in [-0.05, 0) is 55.8 Å². The van der Waals surface area contributed by atoms with E-state index in [1.54, 1.807) is 54.3 Å². The summed E-state index contributed by atoms with van der Waals surface area (Å²) in [6.07, 6.45) is 2.97. The molecule has 0 aliphatic carbocycles. The van der Waals surface area contributed by atoms with E-state index in [2.05, 4.69) is 10.5 Å². The fraction of sp³-hybridized carbons (Fsp3) is 0.174. The van der Waals surface area contributed by atoms with Gasteiger partial charge in [-0.3, -0.25) is 9.59 Å². The van der Waals surface area contributed by atoms with E-state index in [4.69, 9.17) is 32.5 Å². The summed E-state index contributed by atoms with van der Waals surface area (Å²) in [4.78, 5) is 26.6. The van der Waals surface area contributed by atoms with Crippen LogP contribution in [0.4, 0.5) is 11.4 Å². The van der Waals surface area contributed by atoms with E-state index in [1.807, 2.05) is 6.92 Å². The molecule has 32 heavy (non-hydrogen) atoms. The molecule has 2 aromatic carbocycles. The van der Waals surface area contributed by atoms with E-state index in [0.29, 0.717) is 45.0 Å². The number of ether oxygens (including phenoxy) is 1. The largest absolute Gasteiger partial charge is 0.482 e. The number of aryl methyl sites for hydroxylation is 2. The molecule has 2 amide bonds. The average molecular weight is 472 g/mol. The summed E-state index contributed by atoms with van der Waals surface area (Å²) >= 11 is 12.0. The normalized spacial score (nSPS) is 13.2. The molecule has 7 nitrogen and oxygen atoms in total. The lowest BCUT2D eigenvalue weighted by molar-refractivity contribution is -0.121. The van der Waals surface area contributed by atoms with Crippen LogP contribution in [0.3, 0.4) is 0 Å². The van der Waals surface area contributed by atoms with Gasteiger partial charge in [0.15, 0.2) is 6.61 Å². The first kappa shape index (κ1) is 21.9. The van der Waals surface area contributed by atoms with Crippen LogP contribution in [0.2, 0.25) is 10.0 Å². The molecule has 0 saturated heterocycles. The third-order valence-corrected chi connectivity index (χ3v) is 5.61. The topological polar surface area (TPSA) is 84.7 Å². The Balaban J connectivity index is 1.54. The second kappa shape index (κ2) is 9.06. The number of rotatable bonds is 5. The molecule has 0 atom stereocenters. The molecule has 3 aromatic rings. The van der Waals surface area contributed by atoms with Gasteiger partial charge in [0.1, 0.15) is 11.5 Å². The molecule has 4 rings (SSSR count). The van der Waals surface area contributed by atoms with Crippen LogP contribution in [0.5, 0.6) is 5.75 Å². The highest BCUT2D eigenvalue weighted by molar-refractivity contribution is 6.35. The first-order valence-electron chi connectivity index (χ1n) is 9.75. The molecule has 1 aliphatic heterocycles. The molecule has 0 unspecified atom stereocenters. The third-order valence-electron chi connectivity index (χ3n) is 5.04. The number of amides is 2. The number of anilines is 2. The van der Waals surface area contributed by atoms with Crippen LogP contribution in [0, 0.1) is 13.8 Å². The van der Waals surface area contributed by atoms with Gasteiger partial charge in [0.25, 0.3) is 5.91 Å². The molecule has 1 aliphatic rings. The second-order valence-electron chi connectivity index (χ2n) is 7.24. The van der Waals surface area contributed by atoms with Crippen molar-refractivity contribution in [2.45, 2.75) is 20.4 Å². The van der Waals surface area contributed by atoms with Crippen LogP contribution < -0.4 is 15.0 Å². The molecule has 9 heteroatoms. The fourth-order valence-corrected chi connectivity index (χ4v) is 3.80. The lowest BCUT2D eigenvalue weighted by atomic mass is 10.1. The fourth-order valence-electron chi connectivity index (χ4n) is 3.33. The average Bonchev–Trinajstić information content (AvgIpc) is 3.07. The Morgan fingerprint density at radius 3 is 2.75 bits per heavy atom. The number of nitrogens with zero attached hydrogens (tertiary/aromatic N) is 2. The van der Waals surface area contributed by atoms with Gasteiger partial charge in [-0.1, -0.05) is 34.4 Å². The summed E-state index contributed by atoms with van der Waals surface area (Å²) in [5.41, 5.74) is 3.30. The van der Waals surface area contributed by atoms with Crippen LogP contribution in [0.25, 0.3) is 6.08 Å². The molecule has 0 spiro atoms. The van der Waals surface area contributed by atoms with Gasteiger partial charge in [-0.15, -0.1) is 0 Å². The van der Waals surface area contributed by atoms with Crippen molar-refractivity contribution in [1.82, 2.24) is 5.16 Å². The number of aromatic nitrogens is 1.